The van der Waals surface area contributed by atoms with Crippen LogP contribution in [-0.4, -0.2) is 65.4 Å². The number of amides is 1. The second kappa shape index (κ2) is 14.4. The van der Waals surface area contributed by atoms with Gasteiger partial charge in [-0.1, -0.05) is 6.42 Å². The van der Waals surface area contributed by atoms with E-state index in [0.29, 0.717) is 25.9 Å². The molecule has 0 heterocycles. The molecule has 0 aliphatic heterocycles. The predicted octanol–water partition coefficient (Wildman–Crippen LogP) is -1.30. The van der Waals surface area contributed by atoms with Crippen molar-refractivity contribution >= 4 is 23.8 Å². The number of rotatable bonds is 11. The van der Waals surface area contributed by atoms with E-state index in [4.69, 9.17) is 37.9 Å². The van der Waals surface area contributed by atoms with Gasteiger partial charge in [0.1, 0.15) is 6.04 Å². The third kappa shape index (κ3) is 15.6. The van der Waals surface area contributed by atoms with Crippen molar-refractivity contribution < 1.29 is 37.8 Å². The molecule has 2 atom stereocenters. The molecule has 0 unspecified atom stereocenters. The number of aliphatic carboxylic acids is 2. The number of carbonyl (C=O) groups is 3. The highest BCUT2D eigenvalue weighted by atomic mass is 19.4. The van der Waals surface area contributed by atoms with Crippen LogP contribution in [0.1, 0.15) is 32.1 Å². The molecular weight excluding hydrogens is 389 g/mol. The average molecular weight is 416 g/mol. The Morgan fingerprint density at radius 3 is 1.96 bits per heavy atom. The standard InChI is InChI=1S/C12H26N6O3.C2HF3O2/c13-6-2-1-4-8(14)10(19)18-9(11(20)21)5-3-7-17-12(15)16;3-2(4,5)1(6)7/h8-9H,1-7,13-14H2,(H,18,19)(H,20,21)(H4,15,16,17);(H,6,7)/t8-,9-;/m0./s1. The van der Waals surface area contributed by atoms with Crippen molar-refractivity contribution in [3.8, 4) is 0 Å². The zero-order valence-corrected chi connectivity index (χ0v) is 15.1. The lowest BCUT2D eigenvalue weighted by atomic mass is 10.1. The van der Waals surface area contributed by atoms with E-state index in [-0.39, 0.29) is 12.4 Å². The Bertz CT molecular complexity index is 526. The maximum atomic E-state index is 11.8. The first-order valence-corrected chi connectivity index (χ1v) is 8.17. The summed E-state index contributed by atoms with van der Waals surface area (Å²) in [7, 11) is 0. The van der Waals surface area contributed by atoms with Gasteiger partial charge in [-0.2, -0.15) is 13.2 Å². The number of hydrogen-bond donors (Lipinski definition) is 7. The number of hydrogen-bond acceptors (Lipinski definition) is 6. The first-order valence-electron chi connectivity index (χ1n) is 8.17. The number of carboxylic acids is 2. The normalized spacial score (nSPS) is 12.8. The van der Waals surface area contributed by atoms with Crippen LogP contribution in [0.2, 0.25) is 0 Å². The second-order valence-corrected chi connectivity index (χ2v) is 5.54. The molecule has 0 rings (SSSR count). The van der Waals surface area contributed by atoms with Gasteiger partial charge in [-0.05, 0) is 32.2 Å². The SMILES string of the molecule is NCCCC[C@H](N)C(=O)N[C@@H](CCCN=C(N)N)C(=O)O.O=C(O)C(F)(F)F. The van der Waals surface area contributed by atoms with Gasteiger partial charge in [0.05, 0.1) is 6.04 Å². The molecule has 0 aromatic carbocycles. The minimum atomic E-state index is -5.08. The number of alkyl halides is 3. The molecule has 0 bridgehead atoms. The predicted molar refractivity (Wildman–Crippen MR) is 94.0 cm³/mol. The van der Waals surface area contributed by atoms with Crippen LogP contribution in [0.3, 0.4) is 0 Å². The summed E-state index contributed by atoms with van der Waals surface area (Å²) in [6.07, 6.45) is -2.43. The minimum absolute atomic E-state index is 0.0483. The van der Waals surface area contributed by atoms with E-state index in [0.717, 1.165) is 12.8 Å². The molecule has 0 aromatic rings. The van der Waals surface area contributed by atoms with Crippen LogP contribution in [0.4, 0.5) is 13.2 Å². The number of unbranched alkanes of at least 4 members (excludes halogenated alkanes) is 1. The molecule has 0 saturated carbocycles. The van der Waals surface area contributed by atoms with Gasteiger partial charge in [-0.25, -0.2) is 9.59 Å². The Morgan fingerprint density at radius 2 is 1.57 bits per heavy atom. The van der Waals surface area contributed by atoms with Gasteiger partial charge in [0.2, 0.25) is 5.91 Å². The first kappa shape index (κ1) is 27.6. The third-order valence-electron chi connectivity index (χ3n) is 3.11. The topological polar surface area (TPSA) is 220 Å². The summed E-state index contributed by atoms with van der Waals surface area (Å²) in [5.74, 6) is -4.39. The summed E-state index contributed by atoms with van der Waals surface area (Å²) >= 11 is 0. The van der Waals surface area contributed by atoms with Crippen molar-refractivity contribution in [3.05, 3.63) is 0 Å². The van der Waals surface area contributed by atoms with Crippen molar-refractivity contribution in [1.82, 2.24) is 5.32 Å². The van der Waals surface area contributed by atoms with Gasteiger partial charge in [0, 0.05) is 6.54 Å². The molecule has 0 aliphatic carbocycles. The monoisotopic (exact) mass is 416 g/mol. The fourth-order valence-corrected chi connectivity index (χ4v) is 1.68. The fourth-order valence-electron chi connectivity index (χ4n) is 1.68. The van der Waals surface area contributed by atoms with Gasteiger partial charge in [0.25, 0.3) is 0 Å². The first-order chi connectivity index (χ1) is 12.8. The number of nitrogens with two attached hydrogens (primary N) is 4. The molecule has 11 N–H and O–H groups in total. The molecule has 0 radical (unpaired) electrons. The van der Waals surface area contributed by atoms with Crippen molar-refractivity contribution in [1.29, 1.82) is 0 Å². The summed E-state index contributed by atoms with van der Waals surface area (Å²) in [5.41, 5.74) is 21.4. The Kier molecular flexibility index (Phi) is 14.2. The van der Waals surface area contributed by atoms with E-state index in [9.17, 15) is 22.8 Å². The van der Waals surface area contributed by atoms with E-state index < -0.39 is 36.1 Å². The highest BCUT2D eigenvalue weighted by molar-refractivity contribution is 5.86. The molecule has 28 heavy (non-hydrogen) atoms. The number of nitrogens with one attached hydrogen (secondary N) is 1. The van der Waals surface area contributed by atoms with Crippen LogP contribution in [0.25, 0.3) is 0 Å². The molecule has 0 fully saturated rings. The molecular formula is C14H27F3N6O5. The Balaban J connectivity index is 0. The number of halogens is 3. The molecule has 0 aliphatic rings. The lowest BCUT2D eigenvalue weighted by molar-refractivity contribution is -0.192. The van der Waals surface area contributed by atoms with Crippen LogP contribution < -0.4 is 28.3 Å². The molecule has 1 amide bonds. The van der Waals surface area contributed by atoms with Crippen LogP contribution in [0, 0.1) is 0 Å². The number of nitrogens with zero attached hydrogens (tertiary/aromatic N) is 1. The largest absolute Gasteiger partial charge is 0.490 e. The summed E-state index contributed by atoms with van der Waals surface area (Å²) in [4.78, 5) is 35.5. The molecule has 14 heteroatoms. The Morgan fingerprint density at radius 1 is 1.04 bits per heavy atom. The van der Waals surface area contributed by atoms with E-state index >= 15 is 0 Å². The zero-order chi connectivity index (χ0) is 22.3. The number of carboxylic acid groups (broad SMARTS) is 2. The fraction of sp³-hybridized carbons (Fsp3) is 0.714. The van der Waals surface area contributed by atoms with Crippen molar-refractivity contribution in [2.75, 3.05) is 13.1 Å². The van der Waals surface area contributed by atoms with Gasteiger partial charge in [0.15, 0.2) is 5.96 Å². The van der Waals surface area contributed by atoms with E-state index in [2.05, 4.69) is 10.3 Å². The molecule has 0 spiro atoms. The van der Waals surface area contributed by atoms with Gasteiger partial charge >= 0.3 is 18.1 Å². The smallest absolute Gasteiger partial charge is 0.480 e. The molecule has 164 valence electrons. The average Bonchev–Trinajstić information content (AvgIpc) is 2.56. The van der Waals surface area contributed by atoms with Gasteiger partial charge in [-0.15, -0.1) is 0 Å². The van der Waals surface area contributed by atoms with Crippen LogP contribution in [0.5, 0.6) is 0 Å². The quantitative estimate of drug-likeness (QED) is 0.121. The summed E-state index contributed by atoms with van der Waals surface area (Å²) < 4.78 is 31.7. The van der Waals surface area contributed by atoms with Gasteiger partial charge in [-0.3, -0.25) is 9.79 Å². The van der Waals surface area contributed by atoms with E-state index in [1.54, 1.807) is 0 Å². The summed E-state index contributed by atoms with van der Waals surface area (Å²) in [6.45, 7) is 0.849. The second-order valence-electron chi connectivity index (χ2n) is 5.54. The highest BCUT2D eigenvalue weighted by Gasteiger charge is 2.38. The zero-order valence-electron chi connectivity index (χ0n) is 15.1. The van der Waals surface area contributed by atoms with Crippen molar-refractivity contribution in [2.45, 2.75) is 50.4 Å². The number of guanidine groups is 1. The lowest BCUT2D eigenvalue weighted by Crippen LogP contribution is -2.48. The lowest BCUT2D eigenvalue weighted by Gasteiger charge is -2.17. The maximum absolute atomic E-state index is 11.8. The van der Waals surface area contributed by atoms with Crippen LogP contribution in [-0.2, 0) is 14.4 Å². The number of aliphatic imine (C=N–C) groups is 1. The van der Waals surface area contributed by atoms with E-state index in [1.165, 1.54) is 0 Å². The summed E-state index contributed by atoms with van der Waals surface area (Å²) in [6, 6.07) is -1.72. The molecule has 0 aromatic heterocycles. The van der Waals surface area contributed by atoms with Crippen LogP contribution >= 0.6 is 0 Å². The van der Waals surface area contributed by atoms with Gasteiger partial charge < -0.3 is 38.5 Å². The Hall–Kier alpha value is -2.61. The van der Waals surface area contributed by atoms with Crippen molar-refractivity contribution in [3.63, 3.8) is 0 Å². The maximum Gasteiger partial charge on any atom is 0.490 e. The van der Waals surface area contributed by atoms with Crippen LogP contribution in [0.15, 0.2) is 4.99 Å². The highest BCUT2D eigenvalue weighted by Crippen LogP contribution is 2.13. The Labute approximate surface area is 159 Å². The minimum Gasteiger partial charge on any atom is -0.480 e. The summed E-state index contributed by atoms with van der Waals surface area (Å²) in [5, 5.41) is 18.6. The third-order valence-corrected chi connectivity index (χ3v) is 3.11. The molecule has 11 nitrogen and oxygen atoms in total. The molecule has 0 saturated heterocycles. The van der Waals surface area contributed by atoms with E-state index in [1.807, 2.05) is 0 Å². The van der Waals surface area contributed by atoms with Crippen molar-refractivity contribution in [2.24, 2.45) is 27.9 Å². The number of carbonyl (C=O) groups excluding carboxylic acids is 1.